The highest BCUT2D eigenvalue weighted by Gasteiger charge is 2.27. The van der Waals surface area contributed by atoms with E-state index >= 15 is 0 Å². The van der Waals surface area contributed by atoms with Crippen molar-refractivity contribution >= 4 is 34.9 Å². The van der Waals surface area contributed by atoms with Gasteiger partial charge in [0.2, 0.25) is 5.91 Å². The fourth-order valence-electron chi connectivity index (χ4n) is 3.20. The molecule has 2 aliphatic rings. The number of amides is 1. The summed E-state index contributed by atoms with van der Waals surface area (Å²) < 4.78 is 2.49. The van der Waals surface area contributed by atoms with Gasteiger partial charge >= 0.3 is 0 Å². The van der Waals surface area contributed by atoms with Gasteiger partial charge in [-0.05, 0) is 55.4 Å². The Morgan fingerprint density at radius 3 is 2.66 bits per heavy atom. The zero-order valence-electron chi connectivity index (χ0n) is 16.8. The first-order valence-electron chi connectivity index (χ1n) is 9.95. The summed E-state index contributed by atoms with van der Waals surface area (Å²) in [7, 11) is 2.20. The monoisotopic (exact) mass is 412 g/mol. The molecule has 1 saturated heterocycles. The topological polar surface area (TPSA) is 65.5 Å². The van der Waals surface area contributed by atoms with Gasteiger partial charge in [-0.3, -0.25) is 9.78 Å². The molecule has 1 amide bonds. The third-order valence-corrected chi connectivity index (χ3v) is 6.17. The number of likely N-dealkylation sites (N-methyl/N-ethyl adjacent to an activating group) is 1. The molecule has 154 valence electrons. The van der Waals surface area contributed by atoms with Gasteiger partial charge in [0.15, 0.2) is 0 Å². The highest BCUT2D eigenvalue weighted by molar-refractivity contribution is 7.97. The molecule has 0 radical (unpaired) electrons. The van der Waals surface area contributed by atoms with Gasteiger partial charge in [-0.2, -0.15) is 0 Å². The number of aromatic nitrogens is 1. The van der Waals surface area contributed by atoms with E-state index in [0.29, 0.717) is 12.2 Å². The van der Waals surface area contributed by atoms with Crippen molar-refractivity contribution in [3.8, 4) is 0 Å². The summed E-state index contributed by atoms with van der Waals surface area (Å²) in [5.74, 6) is 0.384. The predicted molar refractivity (Wildman–Crippen MR) is 118 cm³/mol. The number of nitrogens with one attached hydrogen (secondary N) is 1. The molecule has 4 rings (SSSR count). The Bertz CT molecular complexity index is 861. The van der Waals surface area contributed by atoms with Crippen LogP contribution < -0.4 is 5.32 Å². The lowest BCUT2D eigenvalue weighted by molar-refractivity contribution is -0.118. The molecule has 0 atom stereocenters. The van der Waals surface area contributed by atoms with E-state index < -0.39 is 0 Å². The number of rotatable bonds is 6. The minimum Gasteiger partial charge on any atom is -0.346 e. The average Bonchev–Trinajstić information content (AvgIpc) is 3.59. The van der Waals surface area contributed by atoms with Gasteiger partial charge < -0.3 is 15.0 Å². The molecule has 2 aromatic rings. The smallest absolute Gasteiger partial charge is 0.243 e. The van der Waals surface area contributed by atoms with Crippen LogP contribution in [0.3, 0.4) is 0 Å². The number of carbonyl (C=O) groups is 2. The van der Waals surface area contributed by atoms with Crippen molar-refractivity contribution in [3.05, 3.63) is 48.8 Å². The summed E-state index contributed by atoms with van der Waals surface area (Å²) in [6.45, 7) is 7.84. The first-order valence-corrected chi connectivity index (χ1v) is 10.7. The summed E-state index contributed by atoms with van der Waals surface area (Å²) in [6, 6.07) is 8.86. The zero-order chi connectivity index (χ0) is 20.6. The molecule has 7 heteroatoms. The van der Waals surface area contributed by atoms with E-state index in [1.54, 1.807) is 0 Å². The molecule has 1 aliphatic carbocycles. The van der Waals surface area contributed by atoms with Crippen molar-refractivity contribution in [1.29, 1.82) is 0 Å². The summed E-state index contributed by atoms with van der Waals surface area (Å²) in [5.41, 5.74) is 1.31. The van der Waals surface area contributed by atoms with Crippen LogP contribution in [-0.2, 0) is 9.59 Å². The molecule has 1 N–H and O–H groups in total. The van der Waals surface area contributed by atoms with Gasteiger partial charge in [-0.1, -0.05) is 18.7 Å². The number of fused-ring (bicyclic) bond motifs is 1. The van der Waals surface area contributed by atoms with Gasteiger partial charge in [0, 0.05) is 48.6 Å². The normalized spacial score (nSPS) is 17.3. The van der Waals surface area contributed by atoms with E-state index in [4.69, 9.17) is 0 Å². The van der Waals surface area contributed by atoms with E-state index in [1.807, 2.05) is 18.1 Å². The van der Waals surface area contributed by atoms with E-state index in [1.165, 1.54) is 34.2 Å². The van der Waals surface area contributed by atoms with Crippen LogP contribution in [0.2, 0.25) is 0 Å². The molecule has 2 heterocycles. The van der Waals surface area contributed by atoms with Crippen molar-refractivity contribution < 1.29 is 9.59 Å². The fourth-order valence-corrected chi connectivity index (χ4v) is 4.24. The van der Waals surface area contributed by atoms with Crippen LogP contribution in [0, 0.1) is 0 Å². The van der Waals surface area contributed by atoms with E-state index in [0.717, 1.165) is 32.3 Å². The highest BCUT2D eigenvalue weighted by Crippen LogP contribution is 2.43. The lowest BCUT2D eigenvalue weighted by Gasteiger charge is -2.31. The second kappa shape index (κ2) is 10.5. The average molecular weight is 413 g/mol. The first kappa shape index (κ1) is 21.5. The van der Waals surface area contributed by atoms with Crippen molar-refractivity contribution in [3.63, 3.8) is 0 Å². The second-order valence-corrected chi connectivity index (χ2v) is 8.40. The van der Waals surface area contributed by atoms with Crippen molar-refractivity contribution in [1.82, 2.24) is 19.5 Å². The minimum absolute atomic E-state index is 0.0604. The Morgan fingerprint density at radius 1 is 1.24 bits per heavy atom. The number of piperazine rings is 1. The fraction of sp³-hybridized carbons (Fsp3) is 0.409. The lowest BCUT2D eigenvalue weighted by atomic mass is 10.1. The Kier molecular flexibility index (Phi) is 7.80. The molecule has 1 saturated carbocycles. The molecule has 0 bridgehead atoms. The summed E-state index contributed by atoms with van der Waals surface area (Å²) in [6.07, 6.45) is 6.33. The quantitative estimate of drug-likeness (QED) is 0.447. The van der Waals surface area contributed by atoms with Crippen molar-refractivity contribution in [2.24, 2.45) is 0 Å². The van der Waals surface area contributed by atoms with Crippen molar-refractivity contribution in [2.75, 3.05) is 39.8 Å². The molecule has 6 nitrogen and oxygen atoms in total. The number of hydrogen-bond acceptors (Lipinski definition) is 6. The van der Waals surface area contributed by atoms with Crippen LogP contribution >= 0.6 is 11.9 Å². The first-order chi connectivity index (χ1) is 14.1. The van der Waals surface area contributed by atoms with Gasteiger partial charge in [-0.15, -0.1) is 0 Å². The molecular weight excluding hydrogens is 384 g/mol. The largest absolute Gasteiger partial charge is 0.346 e. The number of hydrogen-bond donors (Lipinski definition) is 1. The van der Waals surface area contributed by atoms with Crippen molar-refractivity contribution in [2.45, 2.75) is 23.7 Å². The van der Waals surface area contributed by atoms with Crippen LogP contribution in [0.1, 0.15) is 24.5 Å². The molecule has 2 fully saturated rings. The van der Waals surface area contributed by atoms with Gasteiger partial charge in [0.05, 0.1) is 12.2 Å². The summed E-state index contributed by atoms with van der Waals surface area (Å²) in [4.78, 5) is 28.2. The van der Waals surface area contributed by atoms with Crippen LogP contribution in [-0.4, -0.2) is 66.2 Å². The Morgan fingerprint density at radius 2 is 2.00 bits per heavy atom. The molecule has 0 unspecified atom stereocenters. The summed E-state index contributed by atoms with van der Waals surface area (Å²) in [5, 5.41) is 4.99. The highest BCUT2D eigenvalue weighted by atomic mass is 32.2. The van der Waals surface area contributed by atoms with Crippen LogP contribution in [0.4, 0.5) is 0 Å². The van der Waals surface area contributed by atoms with E-state index in [2.05, 4.69) is 57.4 Å². The van der Waals surface area contributed by atoms with Crippen LogP contribution in [0.25, 0.3) is 10.8 Å². The Labute approximate surface area is 176 Å². The van der Waals surface area contributed by atoms with Gasteiger partial charge in [0.25, 0.3) is 0 Å². The van der Waals surface area contributed by atoms with Gasteiger partial charge in [0.1, 0.15) is 6.29 Å². The zero-order valence-corrected chi connectivity index (χ0v) is 17.7. The Hall–Kier alpha value is -2.22. The molecule has 0 spiro atoms. The van der Waals surface area contributed by atoms with Crippen LogP contribution in [0.15, 0.2) is 48.0 Å². The second-order valence-electron chi connectivity index (χ2n) is 7.26. The molecule has 1 aromatic heterocycles. The number of aldehydes is 1. The number of carbonyl (C=O) groups excluding carboxylic acids is 2. The number of nitrogens with zero attached hydrogens (tertiary/aromatic N) is 3. The maximum absolute atomic E-state index is 10.2. The third kappa shape index (κ3) is 6.13. The molecule has 29 heavy (non-hydrogen) atoms. The predicted octanol–water partition coefficient (Wildman–Crippen LogP) is 2.85. The van der Waals surface area contributed by atoms with Gasteiger partial charge in [-0.25, -0.2) is 4.31 Å². The number of pyridine rings is 1. The standard InChI is InChI=1S/C17H21N3S.C5H7NO2/c1-19-9-11-20(12-10-19)21-16-4-2-3-15-14(16)7-8-18-17(15)13-5-6-13;1-2-5(8)6-3-4-7/h2-4,7-8,13H,5-6,9-12H2,1H3;2,4H,1,3H2,(H,6,8). The molecular formula is C22H28N4O2S. The SMILES string of the molecule is C=CC(=O)NCC=O.CN1CCN(Sc2cccc3c(C4CC4)nccc23)CC1. The summed E-state index contributed by atoms with van der Waals surface area (Å²) >= 11 is 1.92. The van der Waals surface area contributed by atoms with E-state index in [-0.39, 0.29) is 12.5 Å². The minimum atomic E-state index is -0.322. The number of benzene rings is 1. The third-order valence-electron chi connectivity index (χ3n) is 5.00. The van der Waals surface area contributed by atoms with Crippen LogP contribution in [0.5, 0.6) is 0 Å². The maximum atomic E-state index is 10.2. The Balaban J connectivity index is 0.000000258. The lowest BCUT2D eigenvalue weighted by Crippen LogP contribution is -2.40. The molecule has 1 aliphatic heterocycles. The maximum Gasteiger partial charge on any atom is 0.243 e. The van der Waals surface area contributed by atoms with E-state index in [9.17, 15) is 9.59 Å². The molecule has 1 aromatic carbocycles.